The third-order valence-electron chi connectivity index (χ3n) is 2.22. The Bertz CT molecular complexity index is 236. The van der Waals surface area contributed by atoms with Crippen molar-refractivity contribution in [1.82, 2.24) is 5.32 Å². The standard InChI is InChI=1S/C10H20N2O3S/c1-3-7(11)6-9(13)12-8(10(14)15)4-5-16-2/h7-8H,3-6,11H2,1-2H3,(H,12,13)(H,14,15). The summed E-state index contributed by atoms with van der Waals surface area (Å²) in [5.41, 5.74) is 5.61. The Morgan fingerprint density at radius 2 is 2.12 bits per heavy atom. The van der Waals surface area contributed by atoms with Crippen molar-refractivity contribution in [2.45, 2.75) is 38.3 Å². The first-order valence-electron chi connectivity index (χ1n) is 5.27. The molecule has 0 fully saturated rings. The molecule has 0 heterocycles. The highest BCUT2D eigenvalue weighted by Gasteiger charge is 2.19. The Hall–Kier alpha value is -0.750. The van der Waals surface area contributed by atoms with Crippen LogP contribution in [0.5, 0.6) is 0 Å². The zero-order valence-corrected chi connectivity index (χ0v) is 10.5. The summed E-state index contributed by atoms with van der Waals surface area (Å²) in [6, 6.07) is -1.00. The van der Waals surface area contributed by atoms with Gasteiger partial charge in [-0.25, -0.2) is 4.79 Å². The number of amides is 1. The van der Waals surface area contributed by atoms with Crippen LogP contribution in [0.4, 0.5) is 0 Å². The first kappa shape index (κ1) is 15.2. The van der Waals surface area contributed by atoms with Gasteiger partial charge in [-0.3, -0.25) is 4.79 Å². The van der Waals surface area contributed by atoms with E-state index < -0.39 is 12.0 Å². The summed E-state index contributed by atoms with van der Waals surface area (Å²) in [5.74, 6) is -0.577. The Labute approximate surface area is 100 Å². The average molecular weight is 248 g/mol. The fourth-order valence-electron chi connectivity index (χ4n) is 1.13. The number of thioether (sulfide) groups is 1. The molecule has 4 N–H and O–H groups in total. The lowest BCUT2D eigenvalue weighted by atomic mass is 10.1. The lowest BCUT2D eigenvalue weighted by Crippen LogP contribution is -2.43. The van der Waals surface area contributed by atoms with E-state index in [4.69, 9.17) is 10.8 Å². The maximum absolute atomic E-state index is 11.4. The van der Waals surface area contributed by atoms with E-state index in [2.05, 4.69) is 5.32 Å². The topological polar surface area (TPSA) is 92.4 Å². The lowest BCUT2D eigenvalue weighted by molar-refractivity contribution is -0.141. The molecule has 1 amide bonds. The van der Waals surface area contributed by atoms with Crippen LogP contribution in [0.1, 0.15) is 26.2 Å². The number of nitrogens with two attached hydrogens (primary N) is 1. The molecule has 0 aromatic carbocycles. The summed E-state index contributed by atoms with van der Waals surface area (Å²) < 4.78 is 0. The molecule has 0 spiro atoms. The molecule has 0 rings (SSSR count). The number of nitrogens with one attached hydrogen (secondary N) is 1. The highest BCUT2D eigenvalue weighted by Crippen LogP contribution is 2.02. The molecule has 0 radical (unpaired) electrons. The maximum atomic E-state index is 11.4. The Kier molecular flexibility index (Phi) is 8.01. The SMILES string of the molecule is CCC(N)CC(=O)NC(CCSC)C(=O)O. The molecule has 0 aromatic heterocycles. The number of carboxylic acid groups (broad SMARTS) is 1. The van der Waals surface area contributed by atoms with Gasteiger partial charge in [0.15, 0.2) is 0 Å². The van der Waals surface area contributed by atoms with Crippen molar-refractivity contribution in [3.8, 4) is 0 Å². The van der Waals surface area contributed by atoms with Gasteiger partial charge in [-0.05, 0) is 24.9 Å². The molecule has 16 heavy (non-hydrogen) atoms. The van der Waals surface area contributed by atoms with E-state index in [0.717, 1.165) is 0 Å². The van der Waals surface area contributed by atoms with Crippen molar-refractivity contribution in [2.24, 2.45) is 5.73 Å². The predicted octanol–water partition coefficient (Wildman–Crippen LogP) is 0.436. The van der Waals surface area contributed by atoms with E-state index in [9.17, 15) is 9.59 Å². The smallest absolute Gasteiger partial charge is 0.326 e. The Morgan fingerprint density at radius 1 is 1.50 bits per heavy atom. The molecular formula is C10H20N2O3S. The van der Waals surface area contributed by atoms with Gasteiger partial charge < -0.3 is 16.2 Å². The number of carboxylic acids is 1. The quantitative estimate of drug-likeness (QED) is 0.579. The molecule has 0 bridgehead atoms. The summed E-state index contributed by atoms with van der Waals surface area (Å²) in [7, 11) is 0. The molecule has 2 unspecified atom stereocenters. The van der Waals surface area contributed by atoms with Gasteiger partial charge >= 0.3 is 5.97 Å². The van der Waals surface area contributed by atoms with Gasteiger partial charge in [0.05, 0.1) is 0 Å². The van der Waals surface area contributed by atoms with E-state index in [1.807, 2.05) is 13.2 Å². The highest BCUT2D eigenvalue weighted by molar-refractivity contribution is 7.98. The molecular weight excluding hydrogens is 228 g/mol. The van der Waals surface area contributed by atoms with Gasteiger partial charge in [0.2, 0.25) is 5.91 Å². The normalized spacial score (nSPS) is 14.2. The van der Waals surface area contributed by atoms with E-state index in [1.54, 1.807) is 11.8 Å². The first-order chi connectivity index (χ1) is 7.51. The van der Waals surface area contributed by atoms with E-state index in [1.165, 1.54) is 0 Å². The second-order valence-corrected chi connectivity index (χ2v) is 4.60. The average Bonchev–Trinajstić information content (AvgIpc) is 2.23. The number of aliphatic carboxylic acids is 1. The lowest BCUT2D eigenvalue weighted by Gasteiger charge is -2.15. The van der Waals surface area contributed by atoms with Gasteiger partial charge in [-0.15, -0.1) is 0 Å². The predicted molar refractivity (Wildman–Crippen MR) is 65.4 cm³/mol. The van der Waals surface area contributed by atoms with E-state index in [0.29, 0.717) is 18.6 Å². The van der Waals surface area contributed by atoms with Gasteiger partial charge in [0.1, 0.15) is 6.04 Å². The number of hydrogen-bond acceptors (Lipinski definition) is 4. The van der Waals surface area contributed by atoms with Crippen molar-refractivity contribution >= 4 is 23.6 Å². The number of carbonyl (C=O) groups excluding carboxylic acids is 1. The van der Waals surface area contributed by atoms with Crippen LogP contribution in [0.2, 0.25) is 0 Å². The molecule has 5 nitrogen and oxygen atoms in total. The molecule has 0 saturated carbocycles. The minimum atomic E-state index is -0.993. The minimum absolute atomic E-state index is 0.180. The van der Waals surface area contributed by atoms with Gasteiger partial charge in [0.25, 0.3) is 0 Å². The fourth-order valence-corrected chi connectivity index (χ4v) is 1.60. The van der Waals surface area contributed by atoms with Crippen molar-refractivity contribution in [1.29, 1.82) is 0 Å². The molecule has 0 aliphatic heterocycles. The van der Waals surface area contributed by atoms with Crippen molar-refractivity contribution in [3.05, 3.63) is 0 Å². The highest BCUT2D eigenvalue weighted by atomic mass is 32.2. The van der Waals surface area contributed by atoms with Crippen LogP contribution in [0, 0.1) is 0 Å². The van der Waals surface area contributed by atoms with Crippen LogP contribution in [0.15, 0.2) is 0 Å². The zero-order valence-electron chi connectivity index (χ0n) is 9.73. The summed E-state index contributed by atoms with van der Waals surface area (Å²) in [4.78, 5) is 22.3. The van der Waals surface area contributed by atoms with Crippen LogP contribution in [-0.4, -0.2) is 41.1 Å². The molecule has 0 aromatic rings. The molecule has 94 valence electrons. The third-order valence-corrected chi connectivity index (χ3v) is 2.86. The van der Waals surface area contributed by atoms with Crippen LogP contribution < -0.4 is 11.1 Å². The van der Waals surface area contributed by atoms with Crippen LogP contribution in [-0.2, 0) is 9.59 Å². The van der Waals surface area contributed by atoms with Crippen LogP contribution in [0.25, 0.3) is 0 Å². The molecule has 2 atom stereocenters. The van der Waals surface area contributed by atoms with Crippen molar-refractivity contribution < 1.29 is 14.7 Å². The third kappa shape index (κ3) is 6.68. The van der Waals surface area contributed by atoms with Gasteiger partial charge in [-0.2, -0.15) is 11.8 Å². The summed E-state index contributed by atoms with van der Waals surface area (Å²) in [6.45, 7) is 1.89. The number of carbonyl (C=O) groups is 2. The Balaban J connectivity index is 4.07. The first-order valence-corrected chi connectivity index (χ1v) is 6.67. The molecule has 0 aliphatic rings. The maximum Gasteiger partial charge on any atom is 0.326 e. The Morgan fingerprint density at radius 3 is 2.56 bits per heavy atom. The number of rotatable bonds is 8. The largest absolute Gasteiger partial charge is 0.480 e. The molecule has 6 heteroatoms. The second kappa shape index (κ2) is 8.41. The summed E-state index contributed by atoms with van der Waals surface area (Å²) in [5, 5.41) is 11.4. The van der Waals surface area contributed by atoms with Gasteiger partial charge in [-0.1, -0.05) is 6.92 Å². The minimum Gasteiger partial charge on any atom is -0.480 e. The molecule has 0 aliphatic carbocycles. The second-order valence-electron chi connectivity index (χ2n) is 3.61. The van der Waals surface area contributed by atoms with E-state index >= 15 is 0 Å². The van der Waals surface area contributed by atoms with Crippen LogP contribution >= 0.6 is 11.8 Å². The van der Waals surface area contributed by atoms with E-state index in [-0.39, 0.29) is 18.4 Å². The zero-order chi connectivity index (χ0) is 12.6. The fraction of sp³-hybridized carbons (Fsp3) is 0.800. The van der Waals surface area contributed by atoms with Crippen molar-refractivity contribution in [2.75, 3.05) is 12.0 Å². The van der Waals surface area contributed by atoms with Gasteiger partial charge in [0, 0.05) is 12.5 Å². The summed E-state index contributed by atoms with van der Waals surface area (Å²) in [6.07, 6.45) is 3.22. The number of hydrogen-bond donors (Lipinski definition) is 3. The van der Waals surface area contributed by atoms with Crippen molar-refractivity contribution in [3.63, 3.8) is 0 Å². The molecule has 0 saturated heterocycles. The summed E-state index contributed by atoms with van der Waals surface area (Å²) >= 11 is 1.55. The monoisotopic (exact) mass is 248 g/mol. The van der Waals surface area contributed by atoms with Crippen LogP contribution in [0.3, 0.4) is 0 Å².